The minimum absolute atomic E-state index is 0.107. The van der Waals surface area contributed by atoms with Crippen LogP contribution in [0.2, 0.25) is 0 Å². The van der Waals surface area contributed by atoms with Crippen LogP contribution in [0.3, 0.4) is 0 Å². The van der Waals surface area contributed by atoms with Gasteiger partial charge < -0.3 is 10.3 Å². The van der Waals surface area contributed by atoms with Gasteiger partial charge in [-0.2, -0.15) is 0 Å². The van der Waals surface area contributed by atoms with E-state index in [1.54, 1.807) is 19.3 Å². The number of nitrogens with zero attached hydrogens (tertiary/aromatic N) is 2. The zero-order chi connectivity index (χ0) is 11.5. The Labute approximate surface area is 90.2 Å². The average molecular weight is 231 g/mol. The number of imidazole rings is 1. The van der Waals surface area contributed by atoms with Gasteiger partial charge in [-0.3, -0.25) is 0 Å². The van der Waals surface area contributed by atoms with Gasteiger partial charge in [-0.05, 0) is 6.92 Å². The fraction of sp³-hybridized carbons (Fsp3) is 0.667. The van der Waals surface area contributed by atoms with Crippen LogP contribution in [-0.4, -0.2) is 35.5 Å². The number of aromatic nitrogens is 2. The molecule has 5 nitrogen and oxygen atoms in total. The maximum atomic E-state index is 11.7. The second-order valence-electron chi connectivity index (χ2n) is 3.62. The van der Waals surface area contributed by atoms with E-state index < -0.39 is 15.1 Å². The van der Waals surface area contributed by atoms with E-state index in [9.17, 15) is 8.42 Å². The lowest BCUT2D eigenvalue weighted by molar-refractivity contribution is 0.582. The molecule has 1 aromatic heterocycles. The van der Waals surface area contributed by atoms with Gasteiger partial charge in [0.05, 0.1) is 11.0 Å². The van der Waals surface area contributed by atoms with Gasteiger partial charge in [-0.15, -0.1) is 0 Å². The van der Waals surface area contributed by atoms with E-state index in [0.29, 0.717) is 6.42 Å². The van der Waals surface area contributed by atoms with Crippen LogP contribution in [0.4, 0.5) is 0 Å². The molecule has 1 atom stereocenters. The van der Waals surface area contributed by atoms with Crippen LogP contribution >= 0.6 is 0 Å². The summed E-state index contributed by atoms with van der Waals surface area (Å²) in [7, 11) is -1.23. The first-order valence-electron chi connectivity index (χ1n) is 4.85. The average Bonchev–Trinajstić information content (AvgIpc) is 2.60. The molecule has 0 saturated heterocycles. The summed E-state index contributed by atoms with van der Waals surface area (Å²) < 4.78 is 25.1. The Hall–Kier alpha value is -0.880. The highest BCUT2D eigenvalue weighted by Crippen LogP contribution is 2.04. The van der Waals surface area contributed by atoms with E-state index in [4.69, 9.17) is 5.73 Å². The van der Waals surface area contributed by atoms with Crippen molar-refractivity contribution in [2.45, 2.75) is 18.6 Å². The number of aryl methyl sites for hydroxylation is 2. The van der Waals surface area contributed by atoms with E-state index in [1.807, 2.05) is 11.6 Å². The monoisotopic (exact) mass is 231 g/mol. The van der Waals surface area contributed by atoms with Gasteiger partial charge in [0.1, 0.15) is 5.82 Å². The Bertz CT molecular complexity index is 411. The molecule has 0 aromatic carbocycles. The summed E-state index contributed by atoms with van der Waals surface area (Å²) in [5.74, 6) is 0.888. The van der Waals surface area contributed by atoms with Crippen molar-refractivity contribution in [3.63, 3.8) is 0 Å². The Morgan fingerprint density at radius 2 is 2.27 bits per heavy atom. The molecule has 0 radical (unpaired) electrons. The topological polar surface area (TPSA) is 78.0 Å². The van der Waals surface area contributed by atoms with E-state index in [1.165, 1.54) is 0 Å². The van der Waals surface area contributed by atoms with Crippen molar-refractivity contribution in [3.05, 3.63) is 18.2 Å². The molecule has 2 N–H and O–H groups in total. The van der Waals surface area contributed by atoms with E-state index in [-0.39, 0.29) is 12.3 Å². The highest BCUT2D eigenvalue weighted by atomic mass is 32.2. The SMILES string of the molecule is CC(CN)S(=O)(=O)CCc1nccn1C. The number of sulfone groups is 1. The second kappa shape index (κ2) is 4.76. The van der Waals surface area contributed by atoms with Crippen LogP contribution in [0.1, 0.15) is 12.7 Å². The largest absolute Gasteiger partial charge is 0.338 e. The summed E-state index contributed by atoms with van der Waals surface area (Å²) in [6.45, 7) is 1.80. The molecule has 86 valence electrons. The first-order chi connectivity index (χ1) is 6.97. The minimum atomic E-state index is -3.08. The normalized spacial score (nSPS) is 14.1. The van der Waals surface area contributed by atoms with Crippen LogP contribution in [0.15, 0.2) is 12.4 Å². The lowest BCUT2D eigenvalue weighted by Crippen LogP contribution is -2.29. The molecule has 0 amide bonds. The fourth-order valence-electron chi connectivity index (χ4n) is 1.22. The van der Waals surface area contributed by atoms with Crippen LogP contribution < -0.4 is 5.73 Å². The highest BCUT2D eigenvalue weighted by molar-refractivity contribution is 7.92. The van der Waals surface area contributed by atoms with Crippen molar-refractivity contribution >= 4 is 9.84 Å². The maximum Gasteiger partial charge on any atom is 0.154 e. The van der Waals surface area contributed by atoms with Crippen LogP contribution in [0.5, 0.6) is 0 Å². The highest BCUT2D eigenvalue weighted by Gasteiger charge is 2.19. The predicted molar refractivity (Wildman–Crippen MR) is 59.2 cm³/mol. The van der Waals surface area contributed by atoms with E-state index in [2.05, 4.69) is 4.98 Å². The molecule has 0 bridgehead atoms. The molecule has 1 heterocycles. The Morgan fingerprint density at radius 1 is 1.60 bits per heavy atom. The molecule has 1 aromatic rings. The molecule has 0 aliphatic heterocycles. The van der Waals surface area contributed by atoms with Gasteiger partial charge in [0.2, 0.25) is 0 Å². The van der Waals surface area contributed by atoms with Gasteiger partial charge in [0.15, 0.2) is 9.84 Å². The van der Waals surface area contributed by atoms with Crippen molar-refractivity contribution in [1.82, 2.24) is 9.55 Å². The summed E-state index contributed by atoms with van der Waals surface area (Å²) in [4.78, 5) is 4.07. The quantitative estimate of drug-likeness (QED) is 0.756. The lowest BCUT2D eigenvalue weighted by Gasteiger charge is -2.09. The van der Waals surface area contributed by atoms with Crippen molar-refractivity contribution < 1.29 is 8.42 Å². The van der Waals surface area contributed by atoms with Crippen LogP contribution in [-0.2, 0) is 23.3 Å². The number of hydrogen-bond acceptors (Lipinski definition) is 4. The summed E-state index contributed by atoms with van der Waals surface area (Å²) in [6, 6.07) is 0. The third-order valence-corrected chi connectivity index (χ3v) is 4.67. The minimum Gasteiger partial charge on any atom is -0.338 e. The summed E-state index contributed by atoms with van der Waals surface area (Å²) in [5, 5.41) is -0.474. The van der Waals surface area contributed by atoms with Crippen molar-refractivity contribution in [1.29, 1.82) is 0 Å². The molecule has 1 rings (SSSR count). The Balaban J connectivity index is 2.62. The number of nitrogens with two attached hydrogens (primary N) is 1. The Kier molecular flexibility index (Phi) is 3.87. The summed E-state index contributed by atoms with van der Waals surface area (Å²) >= 11 is 0. The Morgan fingerprint density at radius 3 is 2.73 bits per heavy atom. The van der Waals surface area contributed by atoms with Gasteiger partial charge in [0, 0.05) is 32.4 Å². The molecule has 0 aliphatic rings. The molecule has 1 unspecified atom stereocenters. The fourth-order valence-corrected chi connectivity index (χ4v) is 2.38. The molecular weight excluding hydrogens is 214 g/mol. The first kappa shape index (κ1) is 12.2. The molecular formula is C9H17N3O2S. The molecule has 6 heteroatoms. The van der Waals surface area contributed by atoms with Crippen LogP contribution in [0, 0.1) is 0 Å². The zero-order valence-electron chi connectivity index (χ0n) is 9.05. The van der Waals surface area contributed by atoms with Gasteiger partial charge in [0.25, 0.3) is 0 Å². The lowest BCUT2D eigenvalue weighted by atomic mass is 10.4. The maximum absolute atomic E-state index is 11.7. The second-order valence-corrected chi connectivity index (χ2v) is 6.16. The standard InChI is InChI=1S/C9H17N3O2S/c1-8(7-10)15(13,14)6-3-9-11-4-5-12(9)2/h4-5,8H,3,6-7,10H2,1-2H3. The van der Waals surface area contributed by atoms with Gasteiger partial charge >= 0.3 is 0 Å². The van der Waals surface area contributed by atoms with E-state index in [0.717, 1.165) is 5.82 Å². The van der Waals surface area contributed by atoms with E-state index >= 15 is 0 Å². The molecule has 0 spiro atoms. The smallest absolute Gasteiger partial charge is 0.154 e. The molecule has 15 heavy (non-hydrogen) atoms. The number of hydrogen-bond donors (Lipinski definition) is 1. The first-order valence-corrected chi connectivity index (χ1v) is 6.56. The van der Waals surface area contributed by atoms with Crippen molar-refractivity contribution in [2.24, 2.45) is 12.8 Å². The molecule has 0 aliphatic carbocycles. The zero-order valence-corrected chi connectivity index (χ0v) is 9.87. The van der Waals surface area contributed by atoms with Gasteiger partial charge in [-0.1, -0.05) is 0 Å². The summed E-state index contributed by atoms with van der Waals surface area (Å²) in [6.07, 6.45) is 3.90. The summed E-state index contributed by atoms with van der Waals surface area (Å²) in [5.41, 5.74) is 5.34. The van der Waals surface area contributed by atoms with Gasteiger partial charge in [-0.25, -0.2) is 13.4 Å². The molecule has 0 fully saturated rings. The van der Waals surface area contributed by atoms with Crippen molar-refractivity contribution in [3.8, 4) is 0 Å². The molecule has 0 saturated carbocycles. The third kappa shape index (κ3) is 3.04. The van der Waals surface area contributed by atoms with Crippen molar-refractivity contribution in [2.75, 3.05) is 12.3 Å². The number of rotatable bonds is 5. The third-order valence-electron chi connectivity index (χ3n) is 2.48. The van der Waals surface area contributed by atoms with Crippen LogP contribution in [0.25, 0.3) is 0 Å². The predicted octanol–water partition coefficient (Wildman–Crippen LogP) is -0.275.